The van der Waals surface area contributed by atoms with Gasteiger partial charge in [-0.2, -0.15) is 0 Å². The Balaban J connectivity index is 0.00000342. The molecule has 0 radical (unpaired) electrons. The van der Waals surface area contributed by atoms with Crippen molar-refractivity contribution in [2.45, 2.75) is 111 Å². The third-order valence-corrected chi connectivity index (χ3v) is 11.9. The lowest BCUT2D eigenvalue weighted by Crippen LogP contribution is -2.52. The Morgan fingerprint density at radius 3 is 2.31 bits per heavy atom. The molecular weight excluding hydrogens is 493 g/mol. The number of halogens is 3. The molecule has 4 heteroatoms. The van der Waals surface area contributed by atoms with Crippen molar-refractivity contribution in [1.82, 2.24) is 4.90 Å². The van der Waals surface area contributed by atoms with E-state index in [1.54, 1.807) is 5.57 Å². The van der Waals surface area contributed by atoms with E-state index < -0.39 is 0 Å². The van der Waals surface area contributed by atoms with Crippen LogP contribution in [0.2, 0.25) is 0 Å². The van der Waals surface area contributed by atoms with Gasteiger partial charge >= 0.3 is 0 Å². The van der Waals surface area contributed by atoms with E-state index in [9.17, 15) is 0 Å². The van der Waals surface area contributed by atoms with Crippen LogP contribution in [0.1, 0.15) is 105 Å². The van der Waals surface area contributed by atoms with Crippen molar-refractivity contribution in [2.24, 2.45) is 46.3 Å². The summed E-state index contributed by atoms with van der Waals surface area (Å²) in [5.41, 5.74) is 2.82. The molecule has 0 aromatic heterocycles. The maximum atomic E-state index is 6.15. The molecule has 3 fully saturated rings. The third-order valence-electron chi connectivity index (χ3n) is 11.5. The molecule has 8 atom stereocenters. The van der Waals surface area contributed by atoms with Crippen LogP contribution < -0.4 is 0 Å². The van der Waals surface area contributed by atoms with Crippen LogP contribution in [0.25, 0.3) is 0 Å². The summed E-state index contributed by atoms with van der Waals surface area (Å²) < 4.78 is 0. The highest BCUT2D eigenvalue weighted by Gasteiger charge is 2.59. The first-order valence-electron chi connectivity index (χ1n) is 14.8. The minimum absolute atomic E-state index is 0. The maximum Gasteiger partial charge on any atom is 0.0351 e. The van der Waals surface area contributed by atoms with Crippen LogP contribution in [0, 0.1) is 46.3 Å². The number of rotatable bonds is 10. The third kappa shape index (κ3) is 5.94. The van der Waals surface area contributed by atoms with Crippen molar-refractivity contribution < 1.29 is 0 Å². The smallest absolute Gasteiger partial charge is 0.0351 e. The molecule has 4 aliphatic carbocycles. The van der Waals surface area contributed by atoms with Gasteiger partial charge in [0.25, 0.3) is 0 Å². The fourth-order valence-electron chi connectivity index (χ4n) is 9.67. The quantitative estimate of drug-likeness (QED) is 0.195. The fourth-order valence-corrected chi connectivity index (χ4v) is 10.1. The highest BCUT2D eigenvalue weighted by Crippen LogP contribution is 2.67. The van der Waals surface area contributed by atoms with Gasteiger partial charge in [0.1, 0.15) is 0 Å². The number of hydrogen-bond acceptors (Lipinski definition) is 1. The first kappa shape index (κ1) is 30.1. The Kier molecular flexibility index (Phi) is 10.9. The summed E-state index contributed by atoms with van der Waals surface area (Å²) in [6, 6.07) is 0.643. The lowest BCUT2D eigenvalue weighted by molar-refractivity contribution is -0.0544. The second-order valence-electron chi connectivity index (χ2n) is 13.6. The molecule has 0 aromatic rings. The van der Waals surface area contributed by atoms with Crippen LogP contribution in [0.15, 0.2) is 11.6 Å². The summed E-state index contributed by atoms with van der Waals surface area (Å²) in [6.45, 7) is 14.7. The average molecular weight is 547 g/mol. The molecule has 1 nitrogen and oxygen atoms in total. The minimum atomic E-state index is 0. The molecule has 8 unspecified atom stereocenters. The predicted octanol–water partition coefficient (Wildman–Crippen LogP) is 9.60. The Bertz CT molecular complexity index is 701. The van der Waals surface area contributed by atoms with Crippen molar-refractivity contribution in [3.8, 4) is 0 Å². The molecule has 4 rings (SSSR count). The lowest BCUT2D eigenvalue weighted by Gasteiger charge is -2.59. The van der Waals surface area contributed by atoms with Gasteiger partial charge in [0.15, 0.2) is 0 Å². The van der Waals surface area contributed by atoms with E-state index in [0.29, 0.717) is 28.6 Å². The van der Waals surface area contributed by atoms with Gasteiger partial charge in [-0.15, -0.1) is 35.6 Å². The van der Waals surface area contributed by atoms with Crippen molar-refractivity contribution in [2.75, 3.05) is 24.8 Å². The highest BCUT2D eigenvalue weighted by atomic mass is 35.5. The Hall–Kier alpha value is 0.570. The van der Waals surface area contributed by atoms with Crippen molar-refractivity contribution >= 4 is 35.6 Å². The van der Waals surface area contributed by atoms with E-state index in [1.807, 2.05) is 0 Å². The molecule has 4 aliphatic rings. The van der Waals surface area contributed by atoms with Gasteiger partial charge < -0.3 is 0 Å². The average Bonchev–Trinajstić information content (AvgIpc) is 3.15. The molecule has 35 heavy (non-hydrogen) atoms. The normalized spacial score (nSPS) is 39.5. The van der Waals surface area contributed by atoms with Crippen molar-refractivity contribution in [1.29, 1.82) is 0 Å². The molecule has 0 bridgehead atoms. The summed E-state index contributed by atoms with van der Waals surface area (Å²) in [5, 5.41) is 0. The van der Waals surface area contributed by atoms with Crippen LogP contribution in [0.4, 0.5) is 0 Å². The Labute approximate surface area is 233 Å². The first-order valence-corrected chi connectivity index (χ1v) is 15.9. The van der Waals surface area contributed by atoms with Gasteiger partial charge in [0, 0.05) is 30.9 Å². The molecule has 3 saturated carbocycles. The van der Waals surface area contributed by atoms with Crippen LogP contribution in [0.3, 0.4) is 0 Å². The van der Waals surface area contributed by atoms with Gasteiger partial charge in [0.2, 0.25) is 0 Å². The SMILES string of the molecule is CC(C)CCCC(C)C1CCC2C3CC=C4CC(N(CCCl)CCCl)CCC4(C)C3CCC12C.Cl. The largest absolute Gasteiger partial charge is 0.298 e. The summed E-state index contributed by atoms with van der Waals surface area (Å²) in [7, 11) is 0. The van der Waals surface area contributed by atoms with E-state index in [-0.39, 0.29) is 12.4 Å². The van der Waals surface area contributed by atoms with Crippen LogP contribution in [-0.4, -0.2) is 35.8 Å². The Morgan fingerprint density at radius 1 is 0.943 bits per heavy atom. The second kappa shape index (κ2) is 12.6. The topological polar surface area (TPSA) is 3.24 Å². The monoisotopic (exact) mass is 545 g/mol. The minimum Gasteiger partial charge on any atom is -0.298 e. The molecule has 0 aromatic carbocycles. The lowest BCUT2D eigenvalue weighted by atomic mass is 9.46. The van der Waals surface area contributed by atoms with Gasteiger partial charge in [-0.1, -0.05) is 65.5 Å². The predicted molar refractivity (Wildman–Crippen MR) is 157 cm³/mol. The molecular formula is C31H54Cl3N. The van der Waals surface area contributed by atoms with Crippen molar-refractivity contribution in [3.63, 3.8) is 0 Å². The van der Waals surface area contributed by atoms with Crippen molar-refractivity contribution in [3.05, 3.63) is 11.6 Å². The number of alkyl halides is 2. The van der Waals surface area contributed by atoms with Gasteiger partial charge in [0.05, 0.1) is 0 Å². The van der Waals surface area contributed by atoms with E-state index in [2.05, 4.69) is 45.6 Å². The molecule has 0 spiro atoms. The van der Waals surface area contributed by atoms with Crippen LogP contribution >= 0.6 is 35.6 Å². The van der Waals surface area contributed by atoms with Gasteiger partial charge in [-0.05, 0) is 97.7 Å². The standard InChI is InChI=1S/C31H53Cl2N.ClH/c1-22(2)7-6-8-23(3)27-11-12-28-26-10-9-24-21-25(34(19-17-32)20-18-33)13-15-30(24,4)29(26)14-16-31(27,28)5;/h9,22-23,25-29H,6-8,10-21H2,1-5H3;1H. The van der Waals surface area contributed by atoms with Crippen LogP contribution in [-0.2, 0) is 0 Å². The van der Waals surface area contributed by atoms with E-state index >= 15 is 0 Å². The maximum absolute atomic E-state index is 6.15. The molecule has 0 aliphatic heterocycles. The van der Waals surface area contributed by atoms with Gasteiger partial charge in [-0.25, -0.2) is 0 Å². The zero-order valence-corrected chi connectivity index (χ0v) is 25.7. The number of hydrogen-bond donors (Lipinski definition) is 0. The highest BCUT2D eigenvalue weighted by molar-refractivity contribution is 6.18. The summed E-state index contributed by atoms with van der Waals surface area (Å²) in [4.78, 5) is 2.58. The zero-order chi connectivity index (χ0) is 24.5. The second-order valence-corrected chi connectivity index (χ2v) is 14.4. The summed E-state index contributed by atoms with van der Waals surface area (Å²) >= 11 is 12.3. The van der Waals surface area contributed by atoms with Gasteiger partial charge in [-0.3, -0.25) is 4.90 Å². The molecule has 204 valence electrons. The summed E-state index contributed by atoms with van der Waals surface area (Å²) in [5.74, 6) is 6.94. The van der Waals surface area contributed by atoms with Crippen LogP contribution in [0.5, 0.6) is 0 Å². The Morgan fingerprint density at radius 2 is 1.66 bits per heavy atom. The molecule has 0 N–H and O–H groups in total. The van der Waals surface area contributed by atoms with E-state index in [1.165, 1.54) is 70.6 Å². The number of allylic oxidation sites excluding steroid dienone is 1. The summed E-state index contributed by atoms with van der Waals surface area (Å²) in [6.07, 6.45) is 18.3. The fraction of sp³-hybridized carbons (Fsp3) is 0.935. The first-order chi connectivity index (χ1) is 16.2. The van der Waals surface area contributed by atoms with E-state index in [4.69, 9.17) is 23.2 Å². The number of nitrogens with zero attached hydrogens (tertiary/aromatic N) is 1. The zero-order valence-electron chi connectivity index (χ0n) is 23.3. The molecule has 0 amide bonds. The number of fused-ring (bicyclic) bond motifs is 5. The molecule has 0 heterocycles. The molecule has 0 saturated heterocycles. The van der Waals surface area contributed by atoms with E-state index in [0.717, 1.165) is 48.6 Å².